The largest absolute Gasteiger partial charge is 0.497 e. The first-order valence-corrected chi connectivity index (χ1v) is 11.1. The van der Waals surface area contributed by atoms with Gasteiger partial charge >= 0.3 is 0 Å². The molecule has 0 aromatic heterocycles. The van der Waals surface area contributed by atoms with Gasteiger partial charge in [0.1, 0.15) is 11.1 Å². The maximum absolute atomic E-state index is 12.6. The second kappa shape index (κ2) is 8.93. The number of methoxy groups -OCH3 is 1. The molecular formula is C23H19BrN2O3S. The average Bonchev–Trinajstić information content (AvgIpc) is 3.15. The van der Waals surface area contributed by atoms with E-state index in [9.17, 15) is 9.59 Å². The molecule has 3 aromatic carbocycles. The first-order chi connectivity index (χ1) is 14.6. The summed E-state index contributed by atoms with van der Waals surface area (Å²) >= 11 is 4.98. The van der Waals surface area contributed by atoms with Gasteiger partial charge in [-0.25, -0.2) is 0 Å². The van der Waals surface area contributed by atoms with Crippen molar-refractivity contribution < 1.29 is 14.3 Å². The third-order valence-corrected chi connectivity index (χ3v) is 6.67. The second-order valence-corrected chi connectivity index (χ2v) is 8.61. The topological polar surface area (TPSA) is 58.6 Å². The fraction of sp³-hybridized carbons (Fsp3) is 0.130. The van der Waals surface area contributed by atoms with Crippen molar-refractivity contribution in [2.75, 3.05) is 23.1 Å². The highest BCUT2D eigenvalue weighted by molar-refractivity contribution is 9.10. The predicted molar refractivity (Wildman–Crippen MR) is 124 cm³/mol. The number of nitrogens with one attached hydrogen (secondary N) is 1. The molecule has 0 aliphatic carbocycles. The summed E-state index contributed by atoms with van der Waals surface area (Å²) in [5.41, 5.74) is 3.01. The van der Waals surface area contributed by atoms with E-state index in [2.05, 4.69) is 21.2 Å². The van der Waals surface area contributed by atoms with Gasteiger partial charge in [0.2, 0.25) is 5.91 Å². The summed E-state index contributed by atoms with van der Waals surface area (Å²) in [5, 5.41) is 2.78. The molecule has 0 saturated carbocycles. The van der Waals surface area contributed by atoms with Crippen LogP contribution < -0.4 is 15.0 Å². The lowest BCUT2D eigenvalue weighted by Gasteiger charge is -2.25. The Kier molecular flexibility index (Phi) is 6.11. The van der Waals surface area contributed by atoms with Crippen molar-refractivity contribution in [3.05, 3.63) is 88.4 Å². The quantitative estimate of drug-likeness (QED) is 0.522. The minimum atomic E-state index is -0.193. The van der Waals surface area contributed by atoms with Crippen LogP contribution >= 0.6 is 27.7 Å². The van der Waals surface area contributed by atoms with Gasteiger partial charge < -0.3 is 10.1 Å². The minimum absolute atomic E-state index is 0.0535. The standard InChI is InChI=1S/C23H19BrN2O3S/c1-29-18-11-9-17(10-12-18)26-21(27)14-30-23(26)15-5-4-6-16(13-15)25-22(28)19-7-2-3-8-20(19)24/h2-13,23H,14H2,1H3,(H,25,28)/t23-/m0/s1. The molecular weight excluding hydrogens is 464 g/mol. The number of benzene rings is 3. The van der Waals surface area contributed by atoms with Gasteiger partial charge in [-0.3, -0.25) is 14.5 Å². The van der Waals surface area contributed by atoms with Gasteiger partial charge in [-0.15, -0.1) is 11.8 Å². The molecule has 1 aliphatic heterocycles. The van der Waals surface area contributed by atoms with E-state index in [1.165, 1.54) is 0 Å². The predicted octanol–water partition coefficient (Wildman–Crippen LogP) is 5.49. The zero-order chi connectivity index (χ0) is 21.1. The summed E-state index contributed by atoms with van der Waals surface area (Å²) in [4.78, 5) is 27.0. The van der Waals surface area contributed by atoms with Crippen LogP contribution in [0.25, 0.3) is 0 Å². The number of hydrogen-bond acceptors (Lipinski definition) is 4. The Morgan fingerprint density at radius 2 is 1.87 bits per heavy atom. The molecule has 2 amide bonds. The Labute approximate surface area is 187 Å². The number of rotatable bonds is 5. The van der Waals surface area contributed by atoms with Crippen LogP contribution in [0.2, 0.25) is 0 Å². The number of halogens is 1. The van der Waals surface area contributed by atoms with Crippen LogP contribution in [0.4, 0.5) is 11.4 Å². The maximum atomic E-state index is 12.6. The van der Waals surface area contributed by atoms with Crippen LogP contribution in [0, 0.1) is 0 Å². The number of carbonyl (C=O) groups is 2. The van der Waals surface area contributed by atoms with Gasteiger partial charge in [0.15, 0.2) is 0 Å². The van der Waals surface area contributed by atoms with Gasteiger partial charge in [0.05, 0.1) is 18.4 Å². The van der Waals surface area contributed by atoms with Crippen molar-refractivity contribution in [1.82, 2.24) is 0 Å². The summed E-state index contributed by atoms with van der Waals surface area (Å²) < 4.78 is 5.95. The Balaban J connectivity index is 1.58. The van der Waals surface area contributed by atoms with E-state index in [1.54, 1.807) is 29.8 Å². The van der Waals surface area contributed by atoms with E-state index >= 15 is 0 Å². The monoisotopic (exact) mass is 482 g/mol. The van der Waals surface area contributed by atoms with E-state index in [-0.39, 0.29) is 17.2 Å². The normalized spacial score (nSPS) is 15.9. The lowest BCUT2D eigenvalue weighted by molar-refractivity contribution is -0.115. The molecule has 0 spiro atoms. The first-order valence-electron chi connectivity index (χ1n) is 9.30. The van der Waals surface area contributed by atoms with Crippen LogP contribution in [0.5, 0.6) is 5.75 Å². The summed E-state index contributed by atoms with van der Waals surface area (Å²) in [7, 11) is 1.61. The van der Waals surface area contributed by atoms with E-state index < -0.39 is 0 Å². The Morgan fingerprint density at radius 3 is 2.60 bits per heavy atom. The molecule has 1 atom stereocenters. The van der Waals surface area contributed by atoms with Gasteiger partial charge in [0, 0.05) is 15.8 Å². The van der Waals surface area contributed by atoms with Gasteiger partial charge in [0.25, 0.3) is 5.91 Å². The summed E-state index contributed by atoms with van der Waals surface area (Å²) in [5.74, 6) is 1.01. The fourth-order valence-electron chi connectivity index (χ4n) is 3.31. The van der Waals surface area contributed by atoms with Crippen molar-refractivity contribution in [2.45, 2.75) is 5.37 Å². The van der Waals surface area contributed by atoms with Crippen LogP contribution in [0.1, 0.15) is 21.3 Å². The number of nitrogens with zero attached hydrogens (tertiary/aromatic N) is 1. The Bertz CT molecular complexity index is 1090. The molecule has 30 heavy (non-hydrogen) atoms. The van der Waals surface area contributed by atoms with Crippen LogP contribution in [-0.2, 0) is 4.79 Å². The number of thioether (sulfide) groups is 1. The molecule has 152 valence electrons. The van der Waals surface area contributed by atoms with Crippen LogP contribution in [-0.4, -0.2) is 24.7 Å². The highest BCUT2D eigenvalue weighted by atomic mass is 79.9. The molecule has 1 fully saturated rings. The van der Waals surface area contributed by atoms with E-state index in [0.717, 1.165) is 21.5 Å². The zero-order valence-electron chi connectivity index (χ0n) is 16.2. The smallest absolute Gasteiger partial charge is 0.256 e. The Morgan fingerprint density at radius 1 is 1.10 bits per heavy atom. The van der Waals surface area contributed by atoms with Crippen LogP contribution in [0.15, 0.2) is 77.3 Å². The lowest BCUT2D eigenvalue weighted by atomic mass is 10.1. The highest BCUT2D eigenvalue weighted by Gasteiger charge is 2.34. The zero-order valence-corrected chi connectivity index (χ0v) is 18.6. The molecule has 0 radical (unpaired) electrons. The highest BCUT2D eigenvalue weighted by Crippen LogP contribution is 2.42. The number of anilines is 2. The van der Waals surface area contributed by atoms with Crippen molar-refractivity contribution in [1.29, 1.82) is 0 Å². The molecule has 1 aliphatic rings. The molecule has 4 rings (SSSR count). The van der Waals surface area contributed by atoms with E-state index in [0.29, 0.717) is 17.0 Å². The average molecular weight is 483 g/mol. The van der Waals surface area contributed by atoms with Crippen LogP contribution in [0.3, 0.4) is 0 Å². The number of carbonyl (C=O) groups excluding carboxylic acids is 2. The molecule has 0 unspecified atom stereocenters. The Hall–Kier alpha value is -2.77. The fourth-order valence-corrected chi connectivity index (χ4v) is 4.94. The lowest BCUT2D eigenvalue weighted by Crippen LogP contribution is -2.27. The third-order valence-electron chi connectivity index (χ3n) is 4.77. The molecule has 3 aromatic rings. The molecule has 1 N–H and O–H groups in total. The molecule has 1 heterocycles. The number of hydrogen-bond donors (Lipinski definition) is 1. The molecule has 7 heteroatoms. The maximum Gasteiger partial charge on any atom is 0.256 e. The van der Waals surface area contributed by atoms with E-state index in [1.807, 2.05) is 66.7 Å². The van der Waals surface area contributed by atoms with Gasteiger partial charge in [-0.1, -0.05) is 24.3 Å². The van der Waals surface area contributed by atoms with Crippen molar-refractivity contribution in [3.63, 3.8) is 0 Å². The van der Waals surface area contributed by atoms with Gasteiger partial charge in [-0.2, -0.15) is 0 Å². The number of ether oxygens (including phenoxy) is 1. The number of amides is 2. The van der Waals surface area contributed by atoms with Gasteiger partial charge in [-0.05, 0) is 70.0 Å². The first kappa shape index (κ1) is 20.5. The third kappa shape index (κ3) is 4.22. The molecule has 0 bridgehead atoms. The summed E-state index contributed by atoms with van der Waals surface area (Å²) in [6.07, 6.45) is 0. The molecule has 5 nitrogen and oxygen atoms in total. The van der Waals surface area contributed by atoms with Crippen molar-refractivity contribution in [2.24, 2.45) is 0 Å². The molecule has 1 saturated heterocycles. The van der Waals surface area contributed by atoms with Crippen molar-refractivity contribution >= 4 is 50.9 Å². The summed E-state index contributed by atoms with van der Waals surface area (Å²) in [6.45, 7) is 0. The van der Waals surface area contributed by atoms with E-state index in [4.69, 9.17) is 4.74 Å². The minimum Gasteiger partial charge on any atom is -0.497 e. The van der Waals surface area contributed by atoms with Crippen molar-refractivity contribution in [3.8, 4) is 5.75 Å². The second-order valence-electron chi connectivity index (χ2n) is 6.68. The SMILES string of the molecule is COc1ccc(N2C(=O)CS[C@H]2c2cccc(NC(=O)c3ccccc3Br)c2)cc1. The summed E-state index contributed by atoms with van der Waals surface area (Å²) in [6, 6.07) is 22.4.